The molecule has 0 aromatic heterocycles. The lowest BCUT2D eigenvalue weighted by Crippen LogP contribution is -2.44. The predicted molar refractivity (Wildman–Crippen MR) is 110 cm³/mol. The Morgan fingerprint density at radius 2 is 1.80 bits per heavy atom. The molecule has 1 heterocycles. The summed E-state index contributed by atoms with van der Waals surface area (Å²) in [4.78, 5) is 25.3. The Labute approximate surface area is 176 Å². The van der Waals surface area contributed by atoms with Crippen molar-refractivity contribution in [1.82, 2.24) is 5.32 Å². The fourth-order valence-corrected chi connectivity index (χ4v) is 3.28. The number of hydrogen-bond acceptors (Lipinski definition) is 7. The summed E-state index contributed by atoms with van der Waals surface area (Å²) in [5.41, 5.74) is 0.266. The van der Waals surface area contributed by atoms with E-state index in [9.17, 15) is 14.7 Å². The number of hydrogen-bond donors (Lipinski definition) is 2. The molecule has 3 rings (SSSR count). The summed E-state index contributed by atoms with van der Waals surface area (Å²) in [5.74, 6) is -0.337. The van der Waals surface area contributed by atoms with Gasteiger partial charge in [0.15, 0.2) is 6.29 Å². The van der Waals surface area contributed by atoms with Crippen LogP contribution in [0.3, 0.4) is 0 Å². The van der Waals surface area contributed by atoms with Crippen molar-refractivity contribution >= 4 is 11.8 Å². The van der Waals surface area contributed by atoms with Crippen LogP contribution in [-0.2, 0) is 14.3 Å². The van der Waals surface area contributed by atoms with E-state index in [0.29, 0.717) is 18.0 Å². The van der Waals surface area contributed by atoms with Crippen LogP contribution < -0.4 is 10.1 Å². The van der Waals surface area contributed by atoms with Gasteiger partial charge in [0, 0.05) is 18.0 Å². The smallest absolute Gasteiger partial charge is 0.343 e. The molecule has 0 aliphatic carbocycles. The maximum Gasteiger partial charge on any atom is 0.343 e. The monoisotopic (exact) mass is 413 g/mol. The summed E-state index contributed by atoms with van der Waals surface area (Å²) in [6.45, 7) is 3.20. The number of para-hydroxylation sites is 1. The maximum absolute atomic E-state index is 13.0. The van der Waals surface area contributed by atoms with Gasteiger partial charge in [-0.2, -0.15) is 0 Å². The van der Waals surface area contributed by atoms with Crippen molar-refractivity contribution in [2.45, 2.75) is 32.2 Å². The Balaban J connectivity index is 1.70. The highest BCUT2D eigenvalue weighted by Crippen LogP contribution is 2.23. The highest BCUT2D eigenvalue weighted by Gasteiger charge is 2.35. The van der Waals surface area contributed by atoms with Crippen molar-refractivity contribution in [2.75, 3.05) is 19.7 Å². The number of esters is 1. The van der Waals surface area contributed by atoms with E-state index in [1.807, 2.05) is 30.3 Å². The molecule has 1 aliphatic heterocycles. The highest BCUT2D eigenvalue weighted by molar-refractivity contribution is 6.11. The standard InChI is InChI=1S/C23H27NO6/c1-2-28-23(27)21(30-22(26)17-7-6-14-24-15-17)20(25)16-10-12-19(13-11-16)29-18-8-4-3-5-9-18/h3-5,8-13,17,21-22,24,26H,2,6-7,14-15H2,1H3. The number of rotatable bonds is 9. The Morgan fingerprint density at radius 1 is 1.10 bits per heavy atom. The average Bonchev–Trinajstić information content (AvgIpc) is 2.79. The molecule has 2 aromatic rings. The third kappa shape index (κ3) is 5.89. The van der Waals surface area contributed by atoms with Gasteiger partial charge in [0.25, 0.3) is 0 Å². The summed E-state index contributed by atoms with van der Waals surface area (Å²) in [5, 5.41) is 13.6. The average molecular weight is 413 g/mol. The number of Topliss-reactive ketones (excluding diaryl/α,β-unsaturated/α-hetero) is 1. The van der Waals surface area contributed by atoms with E-state index in [2.05, 4.69) is 5.32 Å². The van der Waals surface area contributed by atoms with E-state index in [0.717, 1.165) is 19.4 Å². The number of ether oxygens (including phenoxy) is 3. The number of aliphatic hydroxyl groups excluding tert-OH is 1. The van der Waals surface area contributed by atoms with Crippen LogP contribution in [0.1, 0.15) is 30.1 Å². The van der Waals surface area contributed by atoms with Gasteiger partial charge in [0.1, 0.15) is 11.5 Å². The van der Waals surface area contributed by atoms with Crippen LogP contribution in [0.4, 0.5) is 0 Å². The van der Waals surface area contributed by atoms with Gasteiger partial charge >= 0.3 is 5.97 Å². The van der Waals surface area contributed by atoms with Crippen LogP contribution >= 0.6 is 0 Å². The van der Waals surface area contributed by atoms with Crippen molar-refractivity contribution in [1.29, 1.82) is 0 Å². The molecule has 7 nitrogen and oxygen atoms in total. The first kappa shape index (κ1) is 22.0. The first-order valence-corrected chi connectivity index (χ1v) is 10.2. The Bertz CT molecular complexity index is 817. The van der Waals surface area contributed by atoms with Crippen LogP contribution in [0.5, 0.6) is 11.5 Å². The Morgan fingerprint density at radius 3 is 2.43 bits per heavy atom. The number of nitrogens with one attached hydrogen (secondary N) is 1. The van der Waals surface area contributed by atoms with Crippen molar-refractivity contribution in [3.8, 4) is 11.5 Å². The van der Waals surface area contributed by atoms with E-state index in [4.69, 9.17) is 14.2 Å². The van der Waals surface area contributed by atoms with Crippen molar-refractivity contribution in [2.24, 2.45) is 5.92 Å². The number of aliphatic hydroxyl groups is 1. The van der Waals surface area contributed by atoms with Gasteiger partial charge < -0.3 is 24.6 Å². The number of carbonyl (C=O) groups excluding carboxylic acids is 2. The quantitative estimate of drug-likeness (QED) is 0.282. The molecular weight excluding hydrogens is 386 g/mol. The molecule has 1 aliphatic rings. The number of ketones is 1. The summed E-state index contributed by atoms with van der Waals surface area (Å²) in [7, 11) is 0. The molecule has 30 heavy (non-hydrogen) atoms. The molecule has 7 heteroatoms. The zero-order valence-corrected chi connectivity index (χ0v) is 17.0. The van der Waals surface area contributed by atoms with Gasteiger partial charge in [-0.1, -0.05) is 18.2 Å². The largest absolute Gasteiger partial charge is 0.464 e. The highest BCUT2D eigenvalue weighted by atomic mass is 16.6. The van der Waals surface area contributed by atoms with Gasteiger partial charge in [0.2, 0.25) is 11.9 Å². The third-order valence-electron chi connectivity index (χ3n) is 4.87. The van der Waals surface area contributed by atoms with Crippen LogP contribution in [0.25, 0.3) is 0 Å². The normalized spacial score (nSPS) is 18.3. The van der Waals surface area contributed by atoms with Gasteiger partial charge in [0.05, 0.1) is 6.61 Å². The second kappa shape index (κ2) is 10.9. The zero-order chi connectivity index (χ0) is 21.3. The number of carbonyl (C=O) groups is 2. The van der Waals surface area contributed by atoms with E-state index < -0.39 is 24.1 Å². The Kier molecular flexibility index (Phi) is 7.96. The van der Waals surface area contributed by atoms with Crippen LogP contribution in [-0.4, -0.2) is 48.9 Å². The second-order valence-corrected chi connectivity index (χ2v) is 7.07. The summed E-state index contributed by atoms with van der Waals surface area (Å²) in [6.07, 6.45) is -1.12. The molecule has 2 N–H and O–H groups in total. The topological polar surface area (TPSA) is 94.1 Å². The SMILES string of the molecule is CCOC(=O)C(OC(O)C1CCCNC1)C(=O)c1ccc(Oc2ccccc2)cc1. The van der Waals surface area contributed by atoms with Crippen molar-refractivity contribution < 1.29 is 28.9 Å². The zero-order valence-electron chi connectivity index (χ0n) is 17.0. The van der Waals surface area contributed by atoms with Crippen LogP contribution in [0.2, 0.25) is 0 Å². The minimum absolute atomic E-state index is 0.108. The summed E-state index contributed by atoms with van der Waals surface area (Å²) >= 11 is 0. The molecular formula is C23H27NO6. The van der Waals surface area contributed by atoms with Gasteiger partial charge in [-0.05, 0) is 62.7 Å². The molecule has 3 atom stereocenters. The molecule has 1 fully saturated rings. The van der Waals surface area contributed by atoms with Gasteiger partial charge in [-0.3, -0.25) is 4.79 Å². The van der Waals surface area contributed by atoms with Crippen LogP contribution in [0, 0.1) is 5.92 Å². The molecule has 0 radical (unpaired) electrons. The summed E-state index contributed by atoms with van der Waals surface area (Å²) in [6, 6.07) is 15.7. The van der Waals surface area contributed by atoms with E-state index in [1.165, 1.54) is 0 Å². The lowest BCUT2D eigenvalue weighted by Gasteiger charge is -2.29. The second-order valence-electron chi connectivity index (χ2n) is 7.07. The first-order chi connectivity index (χ1) is 14.6. The molecule has 2 aromatic carbocycles. The predicted octanol–water partition coefficient (Wildman–Crippen LogP) is 2.93. The van der Waals surface area contributed by atoms with Crippen molar-refractivity contribution in [3.63, 3.8) is 0 Å². The fraction of sp³-hybridized carbons (Fsp3) is 0.391. The van der Waals surface area contributed by atoms with E-state index in [1.54, 1.807) is 31.2 Å². The number of piperidine rings is 1. The minimum Gasteiger partial charge on any atom is -0.464 e. The molecule has 3 unspecified atom stereocenters. The maximum atomic E-state index is 13.0. The van der Waals surface area contributed by atoms with E-state index in [-0.39, 0.29) is 18.1 Å². The molecule has 0 saturated carbocycles. The van der Waals surface area contributed by atoms with Crippen LogP contribution in [0.15, 0.2) is 54.6 Å². The van der Waals surface area contributed by atoms with Gasteiger partial charge in [-0.15, -0.1) is 0 Å². The number of benzene rings is 2. The lowest BCUT2D eigenvalue weighted by molar-refractivity contribution is -0.184. The minimum atomic E-state index is -1.53. The van der Waals surface area contributed by atoms with E-state index >= 15 is 0 Å². The first-order valence-electron chi connectivity index (χ1n) is 10.2. The lowest BCUT2D eigenvalue weighted by atomic mass is 9.98. The summed E-state index contributed by atoms with van der Waals surface area (Å²) < 4.78 is 16.2. The molecule has 0 amide bonds. The van der Waals surface area contributed by atoms with Crippen molar-refractivity contribution in [3.05, 3.63) is 60.2 Å². The molecule has 0 spiro atoms. The third-order valence-corrected chi connectivity index (χ3v) is 4.87. The molecule has 1 saturated heterocycles. The molecule has 0 bridgehead atoms. The Hall–Kier alpha value is -2.74. The fourth-order valence-electron chi connectivity index (χ4n) is 3.28. The molecule has 160 valence electrons. The van der Waals surface area contributed by atoms with Gasteiger partial charge in [-0.25, -0.2) is 4.79 Å².